The van der Waals surface area contributed by atoms with E-state index in [4.69, 9.17) is 37.4 Å². The lowest BCUT2D eigenvalue weighted by molar-refractivity contribution is -0.138. The number of carbonyl (C=O) groups excluding carboxylic acids is 4. The van der Waals surface area contributed by atoms with E-state index in [-0.39, 0.29) is 30.2 Å². The molecule has 3 fully saturated rings. The van der Waals surface area contributed by atoms with Crippen LogP contribution in [0.15, 0.2) is 72.3 Å². The number of imide groups is 2. The molecule has 10 nitrogen and oxygen atoms in total. The van der Waals surface area contributed by atoms with Gasteiger partial charge in [0.1, 0.15) is 23.0 Å². The van der Waals surface area contributed by atoms with E-state index in [2.05, 4.69) is 0 Å². The molecule has 6 atom stereocenters. The van der Waals surface area contributed by atoms with Gasteiger partial charge in [-0.05, 0) is 60.7 Å². The fourth-order valence-corrected chi connectivity index (χ4v) is 9.18. The van der Waals surface area contributed by atoms with Crippen LogP contribution in [0.1, 0.15) is 35.4 Å². The summed E-state index contributed by atoms with van der Waals surface area (Å²) in [5, 5.41) is 10.2. The molecular weight excluding hydrogens is 683 g/mol. The first-order chi connectivity index (χ1) is 23.9. The number of allylic oxidation sites excluding steroid dienone is 2. The highest BCUT2D eigenvalue weighted by atomic mass is 35.5. The van der Waals surface area contributed by atoms with Gasteiger partial charge in [0.2, 0.25) is 11.8 Å². The third-order valence-electron chi connectivity index (χ3n) is 10.6. The Morgan fingerprint density at radius 2 is 1.54 bits per heavy atom. The van der Waals surface area contributed by atoms with Crippen molar-refractivity contribution in [3.05, 3.63) is 89.0 Å². The zero-order valence-electron chi connectivity index (χ0n) is 27.7. The number of amides is 4. The molecular formula is C38H34Cl2N2O8. The van der Waals surface area contributed by atoms with E-state index in [9.17, 15) is 24.3 Å². The molecule has 3 aromatic rings. The molecule has 4 aliphatic rings. The van der Waals surface area contributed by atoms with Crippen LogP contribution in [0.3, 0.4) is 0 Å². The van der Waals surface area contributed by atoms with Crippen molar-refractivity contribution in [3.8, 4) is 23.0 Å². The number of benzene rings is 3. The lowest BCUT2D eigenvalue weighted by Gasteiger charge is -2.51. The van der Waals surface area contributed by atoms with E-state index in [0.717, 1.165) is 16.0 Å². The number of likely N-dealkylation sites (tertiary alicyclic amines) is 1. The molecule has 12 heteroatoms. The Morgan fingerprint density at radius 3 is 2.22 bits per heavy atom. The molecule has 258 valence electrons. The zero-order chi connectivity index (χ0) is 35.7. The predicted octanol–water partition coefficient (Wildman–Crippen LogP) is 5.78. The average molecular weight is 718 g/mol. The van der Waals surface area contributed by atoms with Gasteiger partial charge < -0.3 is 19.3 Å². The fourth-order valence-electron chi connectivity index (χ4n) is 8.17. The number of phenols is 1. The third-order valence-corrected chi connectivity index (χ3v) is 12.0. The van der Waals surface area contributed by atoms with E-state index >= 15 is 0 Å². The van der Waals surface area contributed by atoms with E-state index in [1.54, 1.807) is 32.4 Å². The quantitative estimate of drug-likeness (QED) is 0.141. The molecule has 1 saturated carbocycles. The summed E-state index contributed by atoms with van der Waals surface area (Å²) in [6.45, 7) is 0. The monoisotopic (exact) mass is 716 g/mol. The van der Waals surface area contributed by atoms with Crippen molar-refractivity contribution in [1.29, 1.82) is 0 Å². The van der Waals surface area contributed by atoms with Crippen molar-refractivity contribution in [3.63, 3.8) is 0 Å². The Labute approximate surface area is 298 Å². The SMILES string of the molecule is COc1ccc(OC)c(C=Cc2ccc(N3C(=O)C4CC=C5C(CC6(Cl)C(=O)N(C)C(=O)C6(Cl)C5c5ccc(O)cc5OC)C4C3=O)cc2)c1. The Balaban J connectivity index is 1.24. The summed E-state index contributed by atoms with van der Waals surface area (Å²) in [4.78, 5) is 54.2. The van der Waals surface area contributed by atoms with Gasteiger partial charge in [-0.3, -0.25) is 29.0 Å². The second-order valence-corrected chi connectivity index (χ2v) is 14.2. The van der Waals surface area contributed by atoms with Crippen molar-refractivity contribution < 1.29 is 38.5 Å². The number of phenolic OH excluding ortho intramolecular Hbond substituents is 1. The fraction of sp³-hybridized carbons (Fsp3) is 0.316. The number of anilines is 1. The van der Waals surface area contributed by atoms with Crippen molar-refractivity contribution in [1.82, 2.24) is 4.90 Å². The lowest BCUT2D eigenvalue weighted by atomic mass is 9.56. The van der Waals surface area contributed by atoms with Crippen molar-refractivity contribution in [2.24, 2.45) is 17.8 Å². The molecule has 2 aliphatic heterocycles. The number of aromatic hydroxyl groups is 1. The smallest absolute Gasteiger partial charge is 0.253 e. The second kappa shape index (κ2) is 12.2. The molecule has 0 bridgehead atoms. The predicted molar refractivity (Wildman–Crippen MR) is 188 cm³/mol. The van der Waals surface area contributed by atoms with Gasteiger partial charge in [-0.1, -0.05) is 42.0 Å². The van der Waals surface area contributed by atoms with Gasteiger partial charge in [-0.25, -0.2) is 0 Å². The Bertz CT molecular complexity index is 2010. The molecule has 2 saturated heterocycles. The largest absolute Gasteiger partial charge is 0.508 e. The number of alkyl halides is 2. The zero-order valence-corrected chi connectivity index (χ0v) is 29.2. The van der Waals surface area contributed by atoms with Crippen LogP contribution < -0.4 is 19.1 Å². The van der Waals surface area contributed by atoms with Crippen LogP contribution in [-0.4, -0.2) is 71.8 Å². The molecule has 3 aromatic carbocycles. The maximum Gasteiger partial charge on any atom is 0.253 e. The Morgan fingerprint density at radius 1 is 0.820 bits per heavy atom. The summed E-state index contributed by atoms with van der Waals surface area (Å²) >= 11 is 14.5. The van der Waals surface area contributed by atoms with Crippen LogP contribution in [0.5, 0.6) is 23.0 Å². The summed E-state index contributed by atoms with van der Waals surface area (Å²) in [5.74, 6) is -3.82. The van der Waals surface area contributed by atoms with Crippen molar-refractivity contribution >= 4 is 64.7 Å². The van der Waals surface area contributed by atoms with Crippen molar-refractivity contribution in [2.45, 2.75) is 28.5 Å². The number of nitrogens with zero attached hydrogens (tertiary/aromatic N) is 2. The molecule has 2 heterocycles. The topological polar surface area (TPSA) is 123 Å². The molecule has 2 aliphatic carbocycles. The normalized spacial score (nSPS) is 28.8. The Hall–Kier alpha value is -4.80. The third kappa shape index (κ3) is 4.75. The molecule has 7 rings (SSSR count). The molecule has 1 N–H and O–H groups in total. The van der Waals surface area contributed by atoms with E-state index in [1.807, 2.05) is 48.6 Å². The van der Waals surface area contributed by atoms with E-state index in [1.165, 1.54) is 31.2 Å². The minimum absolute atomic E-state index is 0.0731. The van der Waals surface area contributed by atoms with Gasteiger partial charge in [-0.2, -0.15) is 0 Å². The van der Waals surface area contributed by atoms with Crippen LogP contribution in [0.2, 0.25) is 0 Å². The first-order valence-corrected chi connectivity index (χ1v) is 16.8. The Kier molecular flexibility index (Phi) is 8.22. The van der Waals surface area contributed by atoms with Gasteiger partial charge >= 0.3 is 0 Å². The summed E-state index contributed by atoms with van der Waals surface area (Å²) < 4.78 is 16.4. The highest BCUT2D eigenvalue weighted by Crippen LogP contribution is 2.66. The van der Waals surface area contributed by atoms with Crippen molar-refractivity contribution in [2.75, 3.05) is 33.3 Å². The van der Waals surface area contributed by atoms with E-state index in [0.29, 0.717) is 28.3 Å². The number of ether oxygens (including phenoxy) is 3. The molecule has 0 aromatic heterocycles. The minimum Gasteiger partial charge on any atom is -0.508 e. The molecule has 4 amide bonds. The highest BCUT2D eigenvalue weighted by Gasteiger charge is 2.76. The lowest BCUT2D eigenvalue weighted by Crippen LogP contribution is -2.60. The first kappa shape index (κ1) is 33.7. The average Bonchev–Trinajstić information content (AvgIpc) is 3.45. The van der Waals surface area contributed by atoms with Gasteiger partial charge in [0.25, 0.3) is 11.8 Å². The number of rotatable bonds is 7. The van der Waals surface area contributed by atoms with Crippen LogP contribution in [0.4, 0.5) is 5.69 Å². The first-order valence-electron chi connectivity index (χ1n) is 16.0. The van der Waals surface area contributed by atoms with Gasteiger partial charge in [0, 0.05) is 30.2 Å². The van der Waals surface area contributed by atoms with Gasteiger partial charge in [0.15, 0.2) is 9.75 Å². The summed E-state index contributed by atoms with van der Waals surface area (Å²) in [6.07, 6.45) is 5.73. The van der Waals surface area contributed by atoms with Crippen LogP contribution in [-0.2, 0) is 19.2 Å². The minimum atomic E-state index is -1.95. The van der Waals surface area contributed by atoms with Gasteiger partial charge in [-0.15, -0.1) is 23.2 Å². The molecule has 50 heavy (non-hydrogen) atoms. The standard InChI is InChI=1S/C38H34Cl2N2O8/c1-41-35(46)37(39)19-28-25(32(38(37,40)36(41)47)26-13-11-23(43)18-30(26)50-4)14-15-27-31(28)34(45)42(33(27)44)22-9-6-20(7-10-22)5-8-21-17-24(48-2)12-16-29(21)49-3/h5-14,16-18,27-28,31-32,43H,15,19H2,1-4H3. The summed E-state index contributed by atoms with van der Waals surface area (Å²) in [5.41, 5.74) is 3.12. The van der Waals surface area contributed by atoms with Gasteiger partial charge in [0.05, 0.1) is 38.9 Å². The molecule has 0 radical (unpaired) electrons. The number of carbonyl (C=O) groups is 4. The van der Waals surface area contributed by atoms with Crippen LogP contribution >= 0.6 is 23.2 Å². The molecule has 0 spiro atoms. The van der Waals surface area contributed by atoms with Crippen LogP contribution in [0.25, 0.3) is 12.2 Å². The number of hydrogen-bond acceptors (Lipinski definition) is 8. The number of fused-ring (bicyclic) bond motifs is 4. The summed E-state index contributed by atoms with van der Waals surface area (Å²) in [7, 11) is 5.93. The number of hydrogen-bond donors (Lipinski definition) is 1. The highest BCUT2D eigenvalue weighted by molar-refractivity contribution is 6.53. The molecule has 6 unspecified atom stereocenters. The van der Waals surface area contributed by atoms with Crippen LogP contribution in [0, 0.1) is 17.8 Å². The maximum atomic E-state index is 14.4. The summed E-state index contributed by atoms with van der Waals surface area (Å²) in [6, 6.07) is 17.0. The number of halogens is 2. The maximum absolute atomic E-state index is 14.4. The number of methoxy groups -OCH3 is 3. The second-order valence-electron chi connectivity index (χ2n) is 13.0. The van der Waals surface area contributed by atoms with E-state index < -0.39 is 51.1 Å².